The zero-order valence-electron chi connectivity index (χ0n) is 20.3. The predicted molar refractivity (Wildman–Crippen MR) is 136 cm³/mol. The first-order valence-electron chi connectivity index (χ1n) is 13.1. The van der Waals surface area contributed by atoms with Gasteiger partial charge in [0.05, 0.1) is 12.1 Å². The van der Waals surface area contributed by atoms with Crippen LogP contribution in [-0.4, -0.2) is 60.9 Å². The highest BCUT2D eigenvalue weighted by Crippen LogP contribution is 2.40. The molecule has 1 N–H and O–H groups in total. The molecule has 5 heteroatoms. The molecule has 3 heterocycles. The van der Waals surface area contributed by atoms with Crippen molar-refractivity contribution >= 4 is 11.6 Å². The quantitative estimate of drug-likeness (QED) is 0.540. The predicted octanol–water partition coefficient (Wildman–Crippen LogP) is 5.41. The Morgan fingerprint density at radius 2 is 1.91 bits per heavy atom. The van der Waals surface area contributed by atoms with Crippen molar-refractivity contribution in [1.29, 1.82) is 0 Å². The summed E-state index contributed by atoms with van der Waals surface area (Å²) in [4.78, 5) is 5.42. The first-order chi connectivity index (χ1) is 16.1. The molecule has 3 unspecified atom stereocenters. The minimum absolute atomic E-state index is 0.334. The number of piperazine rings is 1. The van der Waals surface area contributed by atoms with Gasteiger partial charge < -0.3 is 10.1 Å². The number of hydrogen-bond acceptors (Lipinski definition) is 4. The van der Waals surface area contributed by atoms with E-state index >= 15 is 0 Å². The molecule has 4 atom stereocenters. The van der Waals surface area contributed by atoms with Gasteiger partial charge in [0.15, 0.2) is 0 Å². The second-order valence-corrected chi connectivity index (χ2v) is 11.1. The molecule has 180 valence electrons. The van der Waals surface area contributed by atoms with Crippen LogP contribution in [0.25, 0.3) is 0 Å². The van der Waals surface area contributed by atoms with Crippen molar-refractivity contribution in [3.05, 3.63) is 58.7 Å². The van der Waals surface area contributed by atoms with E-state index in [0.717, 1.165) is 43.4 Å². The van der Waals surface area contributed by atoms with Crippen molar-refractivity contribution in [2.75, 3.05) is 32.7 Å². The van der Waals surface area contributed by atoms with Crippen molar-refractivity contribution < 1.29 is 4.74 Å². The van der Waals surface area contributed by atoms with Crippen LogP contribution in [0.3, 0.4) is 0 Å². The van der Waals surface area contributed by atoms with Gasteiger partial charge in [0.25, 0.3) is 0 Å². The van der Waals surface area contributed by atoms with E-state index in [1.54, 1.807) is 0 Å². The molecular weight excluding hydrogens is 430 g/mol. The summed E-state index contributed by atoms with van der Waals surface area (Å²) in [7, 11) is 0. The largest absolute Gasteiger partial charge is 0.353 e. The van der Waals surface area contributed by atoms with Crippen LogP contribution in [-0.2, 0) is 4.74 Å². The molecule has 3 saturated heterocycles. The number of ether oxygens (including phenoxy) is 1. The molecule has 0 saturated carbocycles. The molecule has 1 aliphatic carbocycles. The number of halogens is 1. The molecule has 4 nitrogen and oxygen atoms in total. The lowest BCUT2D eigenvalue weighted by atomic mass is 9.89. The smallest absolute Gasteiger partial charge is 0.138 e. The highest BCUT2D eigenvalue weighted by Gasteiger charge is 2.49. The van der Waals surface area contributed by atoms with Gasteiger partial charge in [-0.15, -0.1) is 0 Å². The minimum atomic E-state index is 0.334. The van der Waals surface area contributed by atoms with Gasteiger partial charge in [-0.2, -0.15) is 0 Å². The molecule has 1 aromatic rings. The number of nitrogens with one attached hydrogen (secondary N) is 1. The third-order valence-electron chi connectivity index (χ3n) is 8.12. The lowest BCUT2D eigenvalue weighted by molar-refractivity contribution is 0.00517. The molecule has 0 amide bonds. The Bertz CT molecular complexity index is 845. The van der Waals surface area contributed by atoms with Crippen molar-refractivity contribution in [3.8, 4) is 0 Å². The van der Waals surface area contributed by atoms with E-state index < -0.39 is 0 Å². The third kappa shape index (κ3) is 5.57. The zero-order valence-corrected chi connectivity index (χ0v) is 21.0. The van der Waals surface area contributed by atoms with Gasteiger partial charge in [0, 0.05) is 30.7 Å². The van der Waals surface area contributed by atoms with Crippen LogP contribution >= 0.6 is 11.6 Å². The molecule has 3 fully saturated rings. The average molecular weight is 470 g/mol. The fourth-order valence-electron chi connectivity index (χ4n) is 6.19. The van der Waals surface area contributed by atoms with Gasteiger partial charge in [0.1, 0.15) is 6.23 Å². The summed E-state index contributed by atoms with van der Waals surface area (Å²) in [6.45, 7) is 10.4. The fourth-order valence-corrected chi connectivity index (χ4v) is 6.31. The van der Waals surface area contributed by atoms with Gasteiger partial charge in [0.2, 0.25) is 0 Å². The van der Waals surface area contributed by atoms with Crippen molar-refractivity contribution in [2.24, 2.45) is 11.8 Å². The molecule has 0 aromatic heterocycles. The normalized spacial score (nSPS) is 30.4. The standard InChI is InChI=1S/C28H40ClN3O/c1-20(2)25-19-31(16-17-32(25)28-26(33-28)18-21-12-14-30-15-13-21)27(22-6-4-3-5-7-22)23-8-10-24(29)11-9-23/h3-4,6,8-11,20-21,25-28,30H,5,7,12-19H2,1-2H3/t25-,26?,27?,28?/m1/s1. The second kappa shape index (κ2) is 10.6. The van der Waals surface area contributed by atoms with Gasteiger partial charge in [-0.3, -0.25) is 9.80 Å². The number of benzene rings is 1. The van der Waals surface area contributed by atoms with Crippen molar-refractivity contribution in [3.63, 3.8) is 0 Å². The van der Waals surface area contributed by atoms with Crippen molar-refractivity contribution in [2.45, 2.75) is 70.4 Å². The number of allylic oxidation sites excluding steroid dienone is 3. The summed E-state index contributed by atoms with van der Waals surface area (Å²) in [5.74, 6) is 1.43. The number of hydrogen-bond donors (Lipinski definition) is 1. The van der Waals surface area contributed by atoms with E-state index in [2.05, 4.69) is 59.3 Å². The Balaban J connectivity index is 1.30. The lowest BCUT2D eigenvalue weighted by Gasteiger charge is -2.46. The second-order valence-electron chi connectivity index (χ2n) is 10.7. The van der Waals surface area contributed by atoms with Crippen LogP contribution in [0.2, 0.25) is 5.02 Å². The topological polar surface area (TPSA) is 31.0 Å². The van der Waals surface area contributed by atoms with Crippen LogP contribution in [0.1, 0.15) is 57.6 Å². The number of nitrogens with zero attached hydrogens (tertiary/aromatic N) is 2. The highest BCUT2D eigenvalue weighted by molar-refractivity contribution is 6.30. The molecule has 5 rings (SSSR count). The van der Waals surface area contributed by atoms with E-state index in [9.17, 15) is 0 Å². The van der Waals surface area contributed by atoms with Crippen LogP contribution < -0.4 is 5.32 Å². The summed E-state index contributed by atoms with van der Waals surface area (Å²) in [6, 6.07) is 9.40. The Labute approximate surface area is 205 Å². The minimum Gasteiger partial charge on any atom is -0.353 e. The van der Waals surface area contributed by atoms with Gasteiger partial charge in [-0.1, -0.05) is 55.8 Å². The molecule has 3 aliphatic heterocycles. The fraction of sp³-hybridized carbons (Fsp3) is 0.643. The summed E-state index contributed by atoms with van der Waals surface area (Å²) < 4.78 is 6.30. The van der Waals surface area contributed by atoms with Crippen LogP contribution in [0, 0.1) is 11.8 Å². The van der Waals surface area contributed by atoms with Crippen LogP contribution in [0.4, 0.5) is 0 Å². The van der Waals surface area contributed by atoms with E-state index in [-0.39, 0.29) is 0 Å². The zero-order chi connectivity index (χ0) is 22.8. The summed E-state index contributed by atoms with van der Waals surface area (Å²) in [6.07, 6.45) is 13.8. The molecule has 0 radical (unpaired) electrons. The van der Waals surface area contributed by atoms with Crippen LogP contribution in [0.5, 0.6) is 0 Å². The Morgan fingerprint density at radius 3 is 2.61 bits per heavy atom. The molecule has 0 spiro atoms. The maximum absolute atomic E-state index is 6.30. The van der Waals surface area contributed by atoms with Crippen molar-refractivity contribution in [1.82, 2.24) is 15.1 Å². The summed E-state index contributed by atoms with van der Waals surface area (Å²) in [5.41, 5.74) is 2.89. The first kappa shape index (κ1) is 23.6. The van der Waals surface area contributed by atoms with E-state index in [1.165, 1.54) is 43.5 Å². The Morgan fingerprint density at radius 1 is 1.12 bits per heavy atom. The average Bonchev–Trinajstić information content (AvgIpc) is 3.60. The molecule has 0 bridgehead atoms. The third-order valence-corrected chi connectivity index (χ3v) is 8.37. The maximum Gasteiger partial charge on any atom is 0.138 e. The van der Waals surface area contributed by atoms with E-state index in [4.69, 9.17) is 16.3 Å². The molecular formula is C28H40ClN3O. The van der Waals surface area contributed by atoms with E-state index in [0.29, 0.717) is 30.3 Å². The first-order valence-corrected chi connectivity index (χ1v) is 13.4. The number of epoxide rings is 1. The summed E-state index contributed by atoms with van der Waals surface area (Å²) in [5, 5.41) is 4.30. The Kier molecular flexibility index (Phi) is 7.58. The molecule has 1 aromatic carbocycles. The molecule has 33 heavy (non-hydrogen) atoms. The van der Waals surface area contributed by atoms with Crippen LogP contribution in [0.15, 0.2) is 48.1 Å². The SMILES string of the molecule is CC(C)[C@H]1CN(C(C2=CC=CCC2)c2ccc(Cl)cc2)CCN1C1OC1CC1CCNCC1. The summed E-state index contributed by atoms with van der Waals surface area (Å²) >= 11 is 6.23. The van der Waals surface area contributed by atoms with Gasteiger partial charge in [-0.25, -0.2) is 0 Å². The number of rotatable bonds is 7. The monoisotopic (exact) mass is 469 g/mol. The Hall–Kier alpha value is -1.17. The molecule has 4 aliphatic rings. The van der Waals surface area contributed by atoms with E-state index in [1.807, 2.05) is 12.1 Å². The van der Waals surface area contributed by atoms with Gasteiger partial charge >= 0.3 is 0 Å². The lowest BCUT2D eigenvalue weighted by Crippen LogP contribution is -2.57. The highest BCUT2D eigenvalue weighted by atomic mass is 35.5. The number of piperidine rings is 1. The maximum atomic E-state index is 6.30. The van der Waals surface area contributed by atoms with Gasteiger partial charge in [-0.05, 0) is 80.3 Å².